The molecular formula is C19H14N4O6S3. The first-order valence-electron chi connectivity index (χ1n) is 8.62. The van der Waals surface area contributed by atoms with Gasteiger partial charge in [-0.25, -0.2) is 13.2 Å². The zero-order valence-corrected chi connectivity index (χ0v) is 19.0. The summed E-state index contributed by atoms with van der Waals surface area (Å²) in [7, 11) is -2.23. The Kier molecular flexibility index (Phi) is 6.98. The van der Waals surface area contributed by atoms with Crippen molar-refractivity contribution >= 4 is 55.8 Å². The molecular weight excluding hydrogens is 476 g/mol. The predicted molar refractivity (Wildman–Crippen MR) is 118 cm³/mol. The summed E-state index contributed by atoms with van der Waals surface area (Å²) in [6.07, 6.45) is 2.23. The number of thiophene rings is 1. The Bertz CT molecular complexity index is 1340. The molecule has 0 bridgehead atoms. The van der Waals surface area contributed by atoms with Gasteiger partial charge in [0.25, 0.3) is 11.1 Å². The first-order valence-corrected chi connectivity index (χ1v) is 12.2. The van der Waals surface area contributed by atoms with E-state index in [1.165, 1.54) is 42.7 Å². The number of hydrogen-bond acceptors (Lipinski definition) is 11. The lowest BCUT2D eigenvalue weighted by Crippen LogP contribution is -2.13. The third kappa shape index (κ3) is 5.55. The van der Waals surface area contributed by atoms with Crippen molar-refractivity contribution in [3.63, 3.8) is 0 Å². The number of anilines is 1. The van der Waals surface area contributed by atoms with Crippen LogP contribution in [0.15, 0.2) is 46.4 Å². The molecule has 2 heterocycles. The zero-order valence-electron chi connectivity index (χ0n) is 16.6. The van der Waals surface area contributed by atoms with E-state index < -0.39 is 26.9 Å². The van der Waals surface area contributed by atoms with E-state index in [2.05, 4.69) is 14.7 Å². The van der Waals surface area contributed by atoms with Gasteiger partial charge in [0.2, 0.25) is 15.0 Å². The molecule has 0 aliphatic carbocycles. The van der Waals surface area contributed by atoms with Gasteiger partial charge < -0.3 is 9.47 Å². The predicted octanol–water partition coefficient (Wildman–Crippen LogP) is 2.78. The number of aromatic nitrogens is 2. The number of nitrogens with zero attached hydrogens (tertiary/aromatic N) is 3. The molecule has 0 aliphatic heterocycles. The molecule has 1 N–H and O–H groups in total. The topological polar surface area (TPSA) is 148 Å². The lowest BCUT2D eigenvalue weighted by atomic mass is 10.1. The van der Waals surface area contributed by atoms with Gasteiger partial charge in [-0.05, 0) is 35.2 Å². The van der Waals surface area contributed by atoms with Gasteiger partial charge in [0, 0.05) is 17.8 Å². The van der Waals surface area contributed by atoms with Crippen LogP contribution >= 0.6 is 22.9 Å². The lowest BCUT2D eigenvalue weighted by Gasteiger charge is -2.09. The molecule has 0 spiro atoms. The standard InChI is InChI=1S/C19H14N4O6S3/c1-28-14-9-11(5-6-13(14)29-17(25)15-4-3-7-30-15)8-12(10-20)16(24)21-18-22-19(23-31-18)32(2,26)27/h3-9H,1-2H3,(H,21,22,23,24). The van der Waals surface area contributed by atoms with Crippen molar-refractivity contribution in [3.05, 3.63) is 51.7 Å². The van der Waals surface area contributed by atoms with E-state index in [1.807, 2.05) is 0 Å². The van der Waals surface area contributed by atoms with Crippen molar-refractivity contribution in [1.29, 1.82) is 5.26 Å². The second-order valence-electron chi connectivity index (χ2n) is 6.06. The Balaban J connectivity index is 1.79. The first-order chi connectivity index (χ1) is 15.2. The van der Waals surface area contributed by atoms with Gasteiger partial charge in [-0.15, -0.1) is 11.3 Å². The van der Waals surface area contributed by atoms with Crippen molar-refractivity contribution in [3.8, 4) is 17.6 Å². The third-order valence-corrected chi connectivity index (χ3v) is 6.19. The van der Waals surface area contributed by atoms with Crippen molar-refractivity contribution in [2.45, 2.75) is 5.16 Å². The number of ether oxygens (including phenoxy) is 2. The Morgan fingerprint density at radius 2 is 2.03 bits per heavy atom. The number of carbonyl (C=O) groups is 2. The monoisotopic (exact) mass is 490 g/mol. The van der Waals surface area contributed by atoms with E-state index in [-0.39, 0.29) is 22.2 Å². The van der Waals surface area contributed by atoms with Crippen LogP contribution in [0.25, 0.3) is 6.08 Å². The van der Waals surface area contributed by atoms with Gasteiger partial charge in [0.1, 0.15) is 16.5 Å². The number of nitrogens with one attached hydrogen (secondary N) is 1. The molecule has 0 aliphatic rings. The second-order valence-corrected chi connectivity index (χ2v) is 9.66. The minimum atomic E-state index is -3.62. The number of benzene rings is 1. The summed E-state index contributed by atoms with van der Waals surface area (Å²) in [5.41, 5.74) is 0.157. The molecule has 0 fully saturated rings. The largest absolute Gasteiger partial charge is 0.493 e. The number of amides is 1. The Labute approximate surface area is 190 Å². The molecule has 32 heavy (non-hydrogen) atoms. The van der Waals surface area contributed by atoms with Crippen molar-refractivity contribution < 1.29 is 27.5 Å². The van der Waals surface area contributed by atoms with Crippen LogP contribution in [0.2, 0.25) is 0 Å². The highest BCUT2D eigenvalue weighted by atomic mass is 32.2. The average Bonchev–Trinajstić information content (AvgIpc) is 3.44. The number of carbonyl (C=O) groups excluding carboxylic acids is 2. The Hall–Kier alpha value is -3.60. The first kappa shape index (κ1) is 23.1. The summed E-state index contributed by atoms with van der Waals surface area (Å²) in [6, 6.07) is 9.64. The number of sulfone groups is 1. The van der Waals surface area contributed by atoms with Gasteiger partial charge in [-0.2, -0.15) is 14.6 Å². The highest BCUT2D eigenvalue weighted by Crippen LogP contribution is 2.30. The summed E-state index contributed by atoms with van der Waals surface area (Å²) in [5, 5.41) is 13.0. The van der Waals surface area contributed by atoms with Crippen LogP contribution in [0.4, 0.5) is 5.13 Å². The maximum Gasteiger partial charge on any atom is 0.353 e. The molecule has 1 amide bonds. The molecule has 0 radical (unpaired) electrons. The molecule has 10 nitrogen and oxygen atoms in total. The van der Waals surface area contributed by atoms with Crippen LogP contribution in [0.1, 0.15) is 15.2 Å². The van der Waals surface area contributed by atoms with E-state index in [1.54, 1.807) is 23.6 Å². The van der Waals surface area contributed by atoms with Gasteiger partial charge in [0.05, 0.1) is 7.11 Å². The van der Waals surface area contributed by atoms with Crippen LogP contribution in [0.5, 0.6) is 11.5 Å². The summed E-state index contributed by atoms with van der Waals surface area (Å²) >= 11 is 1.91. The Morgan fingerprint density at radius 3 is 2.62 bits per heavy atom. The molecule has 0 saturated carbocycles. The fraction of sp³-hybridized carbons (Fsp3) is 0.105. The van der Waals surface area contributed by atoms with E-state index in [0.717, 1.165) is 6.26 Å². The molecule has 164 valence electrons. The third-order valence-electron chi connectivity index (χ3n) is 3.75. The fourth-order valence-electron chi connectivity index (χ4n) is 2.29. The summed E-state index contributed by atoms with van der Waals surface area (Å²) < 4.78 is 37.1. The molecule has 1 aromatic carbocycles. The molecule has 13 heteroatoms. The zero-order chi connectivity index (χ0) is 23.3. The van der Waals surface area contributed by atoms with Gasteiger partial charge in [0.15, 0.2) is 11.5 Å². The van der Waals surface area contributed by atoms with Crippen molar-refractivity contribution in [1.82, 2.24) is 9.36 Å². The summed E-state index contributed by atoms with van der Waals surface area (Å²) in [6.45, 7) is 0. The smallest absolute Gasteiger partial charge is 0.353 e. The average molecular weight is 491 g/mol. The minimum Gasteiger partial charge on any atom is -0.493 e. The molecule has 3 aromatic rings. The van der Waals surface area contributed by atoms with E-state index in [4.69, 9.17) is 9.47 Å². The molecule has 0 saturated heterocycles. The van der Waals surface area contributed by atoms with Gasteiger partial charge >= 0.3 is 5.97 Å². The number of esters is 1. The van der Waals surface area contributed by atoms with Crippen molar-refractivity contribution in [2.75, 3.05) is 18.7 Å². The number of rotatable bonds is 7. The number of methoxy groups -OCH3 is 1. The quantitative estimate of drug-likeness (QED) is 0.228. The van der Waals surface area contributed by atoms with Crippen LogP contribution in [0, 0.1) is 11.3 Å². The number of hydrogen-bond donors (Lipinski definition) is 1. The Morgan fingerprint density at radius 1 is 1.25 bits per heavy atom. The second kappa shape index (κ2) is 9.69. The maximum absolute atomic E-state index is 12.4. The highest BCUT2D eigenvalue weighted by molar-refractivity contribution is 7.90. The minimum absolute atomic E-state index is 0.0648. The maximum atomic E-state index is 12.4. The van der Waals surface area contributed by atoms with Crippen LogP contribution in [-0.2, 0) is 14.6 Å². The van der Waals surface area contributed by atoms with Gasteiger partial charge in [-0.3, -0.25) is 10.1 Å². The fourth-order valence-corrected chi connectivity index (χ4v) is 4.33. The normalized spacial score (nSPS) is 11.5. The van der Waals surface area contributed by atoms with Crippen LogP contribution < -0.4 is 14.8 Å². The van der Waals surface area contributed by atoms with Gasteiger partial charge in [-0.1, -0.05) is 12.1 Å². The summed E-state index contributed by atoms with van der Waals surface area (Å²) in [5.74, 6) is -0.934. The number of nitriles is 1. The molecule has 3 rings (SSSR count). The van der Waals surface area contributed by atoms with E-state index in [0.29, 0.717) is 22.0 Å². The van der Waals surface area contributed by atoms with Crippen molar-refractivity contribution in [2.24, 2.45) is 0 Å². The molecule has 0 unspecified atom stereocenters. The SMILES string of the molecule is COc1cc(C=C(C#N)C(=O)Nc2nc(S(C)(=O)=O)ns2)ccc1OC(=O)c1cccs1. The molecule has 0 atom stereocenters. The van der Waals surface area contributed by atoms with E-state index >= 15 is 0 Å². The van der Waals surface area contributed by atoms with E-state index in [9.17, 15) is 23.3 Å². The highest BCUT2D eigenvalue weighted by Gasteiger charge is 2.18. The lowest BCUT2D eigenvalue weighted by molar-refractivity contribution is -0.112. The summed E-state index contributed by atoms with van der Waals surface area (Å²) in [4.78, 5) is 28.7. The van der Waals surface area contributed by atoms with Crippen LogP contribution in [-0.4, -0.2) is 43.0 Å². The van der Waals surface area contributed by atoms with Crippen LogP contribution in [0.3, 0.4) is 0 Å². The molecule has 2 aromatic heterocycles.